The van der Waals surface area contributed by atoms with Gasteiger partial charge in [-0.2, -0.15) is 5.10 Å². The molecule has 108 valence electrons. The minimum Gasteiger partial charge on any atom is -0.244 e. The maximum absolute atomic E-state index is 4.49. The average Bonchev–Trinajstić information content (AvgIpc) is 3.15. The summed E-state index contributed by atoms with van der Waals surface area (Å²) in [6, 6.07) is 12.4. The molecule has 5 heteroatoms. The number of aryl methyl sites for hydroxylation is 2. The second-order valence-corrected chi connectivity index (χ2v) is 6.13. The van der Waals surface area contributed by atoms with Gasteiger partial charge >= 0.3 is 0 Å². The van der Waals surface area contributed by atoms with Crippen LogP contribution in [0.3, 0.4) is 0 Å². The number of hydrogen-bond acceptors (Lipinski definition) is 4. The van der Waals surface area contributed by atoms with Gasteiger partial charge in [0.05, 0.1) is 21.4 Å². The van der Waals surface area contributed by atoms with Crippen molar-refractivity contribution in [2.75, 3.05) is 0 Å². The zero-order chi connectivity index (χ0) is 15.1. The van der Waals surface area contributed by atoms with Crippen molar-refractivity contribution in [1.82, 2.24) is 19.7 Å². The van der Waals surface area contributed by atoms with Gasteiger partial charge in [0.25, 0.3) is 0 Å². The summed E-state index contributed by atoms with van der Waals surface area (Å²) in [6.45, 7) is 4.19. The van der Waals surface area contributed by atoms with Gasteiger partial charge in [-0.15, -0.1) is 11.3 Å². The van der Waals surface area contributed by atoms with E-state index in [1.807, 2.05) is 16.3 Å². The van der Waals surface area contributed by atoms with E-state index >= 15 is 0 Å². The quantitative estimate of drug-likeness (QED) is 0.558. The highest BCUT2D eigenvalue weighted by atomic mass is 32.1. The van der Waals surface area contributed by atoms with Crippen LogP contribution in [0.25, 0.3) is 27.3 Å². The molecule has 4 nitrogen and oxygen atoms in total. The second-order valence-electron chi connectivity index (χ2n) is 5.24. The van der Waals surface area contributed by atoms with Crippen LogP contribution in [0.2, 0.25) is 0 Å². The maximum atomic E-state index is 4.49. The Morgan fingerprint density at radius 1 is 0.955 bits per heavy atom. The van der Waals surface area contributed by atoms with E-state index in [-0.39, 0.29) is 0 Å². The molecule has 2 heterocycles. The van der Waals surface area contributed by atoms with Gasteiger partial charge < -0.3 is 0 Å². The van der Waals surface area contributed by atoms with Crippen LogP contribution in [-0.2, 0) is 0 Å². The van der Waals surface area contributed by atoms with Crippen molar-refractivity contribution in [3.8, 4) is 17.1 Å². The highest BCUT2D eigenvalue weighted by Gasteiger charge is 2.16. The monoisotopic (exact) mass is 306 g/mol. The molecule has 4 rings (SSSR count). The molecule has 0 aliphatic rings. The van der Waals surface area contributed by atoms with E-state index in [4.69, 9.17) is 0 Å². The summed E-state index contributed by atoms with van der Waals surface area (Å²) in [5.74, 6) is 0.828. The maximum Gasteiger partial charge on any atom is 0.165 e. The number of hydrogen-bond donors (Lipinski definition) is 0. The molecule has 0 bridgehead atoms. The number of para-hydroxylation sites is 2. The standard InChI is InChI=1S/C17H14N4S/c1-11-5-3-6-12(2)16(11)21-17(18-9-20-21)13-7-4-8-14-15(13)19-10-22-14/h3-10H,1-2H3. The van der Waals surface area contributed by atoms with Gasteiger partial charge in [0.15, 0.2) is 5.82 Å². The summed E-state index contributed by atoms with van der Waals surface area (Å²) >= 11 is 1.64. The van der Waals surface area contributed by atoms with E-state index in [0.717, 1.165) is 27.3 Å². The predicted octanol–water partition coefficient (Wildman–Crippen LogP) is 4.16. The van der Waals surface area contributed by atoms with Crippen LogP contribution in [-0.4, -0.2) is 19.7 Å². The predicted molar refractivity (Wildman–Crippen MR) is 89.4 cm³/mol. The van der Waals surface area contributed by atoms with Crippen LogP contribution in [0.1, 0.15) is 11.1 Å². The highest BCUT2D eigenvalue weighted by molar-refractivity contribution is 7.16. The summed E-state index contributed by atoms with van der Waals surface area (Å²) in [5, 5.41) is 4.46. The first-order chi connectivity index (χ1) is 10.8. The van der Waals surface area contributed by atoms with E-state index < -0.39 is 0 Å². The summed E-state index contributed by atoms with van der Waals surface area (Å²) in [5.41, 5.74) is 7.30. The van der Waals surface area contributed by atoms with Crippen molar-refractivity contribution in [3.05, 3.63) is 59.4 Å². The number of rotatable bonds is 2. The van der Waals surface area contributed by atoms with Crippen molar-refractivity contribution in [2.45, 2.75) is 13.8 Å². The topological polar surface area (TPSA) is 43.6 Å². The van der Waals surface area contributed by atoms with E-state index in [2.05, 4.69) is 59.2 Å². The molecule has 4 aromatic rings. The lowest BCUT2D eigenvalue weighted by Gasteiger charge is -2.12. The summed E-state index contributed by atoms with van der Waals surface area (Å²) < 4.78 is 3.08. The van der Waals surface area contributed by atoms with Gasteiger partial charge in [0.1, 0.15) is 6.33 Å². The molecular formula is C17H14N4S. The molecule has 0 saturated heterocycles. The first-order valence-corrected chi connectivity index (χ1v) is 7.93. The lowest BCUT2D eigenvalue weighted by atomic mass is 10.1. The van der Waals surface area contributed by atoms with Crippen LogP contribution >= 0.6 is 11.3 Å². The number of fused-ring (bicyclic) bond motifs is 1. The third-order valence-electron chi connectivity index (χ3n) is 3.80. The van der Waals surface area contributed by atoms with Crippen LogP contribution in [0, 0.1) is 13.8 Å². The molecule has 2 aromatic carbocycles. The third-order valence-corrected chi connectivity index (χ3v) is 4.59. The Hall–Kier alpha value is -2.53. The van der Waals surface area contributed by atoms with Gasteiger partial charge in [-0.1, -0.05) is 24.3 Å². The van der Waals surface area contributed by atoms with Crippen LogP contribution < -0.4 is 0 Å². The highest BCUT2D eigenvalue weighted by Crippen LogP contribution is 2.30. The van der Waals surface area contributed by atoms with E-state index in [0.29, 0.717) is 0 Å². The zero-order valence-corrected chi connectivity index (χ0v) is 13.1. The van der Waals surface area contributed by atoms with Crippen molar-refractivity contribution in [3.63, 3.8) is 0 Å². The van der Waals surface area contributed by atoms with Gasteiger partial charge in [-0.3, -0.25) is 0 Å². The molecule has 22 heavy (non-hydrogen) atoms. The van der Waals surface area contributed by atoms with Gasteiger partial charge in [0, 0.05) is 5.56 Å². The zero-order valence-electron chi connectivity index (χ0n) is 12.3. The van der Waals surface area contributed by atoms with Gasteiger partial charge in [0.2, 0.25) is 0 Å². The third kappa shape index (κ3) is 1.94. The Morgan fingerprint density at radius 3 is 2.55 bits per heavy atom. The van der Waals surface area contributed by atoms with Crippen molar-refractivity contribution in [1.29, 1.82) is 0 Å². The number of thiazole rings is 1. The molecule has 0 spiro atoms. The SMILES string of the molecule is Cc1cccc(C)c1-n1ncnc1-c1cccc2scnc12. The molecule has 0 radical (unpaired) electrons. The summed E-state index contributed by atoms with van der Waals surface area (Å²) in [7, 11) is 0. The lowest BCUT2D eigenvalue weighted by molar-refractivity contribution is 0.871. The minimum absolute atomic E-state index is 0.828. The van der Waals surface area contributed by atoms with E-state index in [1.54, 1.807) is 17.7 Å². The van der Waals surface area contributed by atoms with Gasteiger partial charge in [-0.25, -0.2) is 14.6 Å². The lowest BCUT2D eigenvalue weighted by Crippen LogP contribution is -2.04. The number of aromatic nitrogens is 4. The van der Waals surface area contributed by atoms with Gasteiger partial charge in [-0.05, 0) is 37.1 Å². The number of nitrogens with zero attached hydrogens (tertiary/aromatic N) is 4. The normalized spacial score (nSPS) is 11.2. The molecule has 0 unspecified atom stereocenters. The second kappa shape index (κ2) is 5.03. The molecule has 0 fully saturated rings. The smallest absolute Gasteiger partial charge is 0.165 e. The fraction of sp³-hybridized carbons (Fsp3) is 0.118. The Bertz CT molecular complexity index is 947. The number of benzene rings is 2. The molecule has 0 aliphatic heterocycles. The first kappa shape index (κ1) is 13.2. The van der Waals surface area contributed by atoms with Crippen molar-refractivity contribution in [2.24, 2.45) is 0 Å². The Kier molecular flexibility index (Phi) is 3.01. The Labute approximate surface area is 132 Å². The Balaban J connectivity index is 2.00. The molecule has 0 atom stereocenters. The Morgan fingerprint density at radius 2 is 1.73 bits per heavy atom. The van der Waals surface area contributed by atoms with Crippen LogP contribution in [0.4, 0.5) is 0 Å². The molecule has 2 aromatic heterocycles. The van der Waals surface area contributed by atoms with Crippen LogP contribution in [0.15, 0.2) is 48.2 Å². The summed E-state index contributed by atoms with van der Waals surface area (Å²) in [6.07, 6.45) is 1.60. The molecule has 0 amide bonds. The van der Waals surface area contributed by atoms with Crippen molar-refractivity contribution >= 4 is 21.6 Å². The average molecular weight is 306 g/mol. The molecule has 0 aliphatic carbocycles. The molecule has 0 saturated carbocycles. The largest absolute Gasteiger partial charge is 0.244 e. The molecular weight excluding hydrogens is 292 g/mol. The van der Waals surface area contributed by atoms with E-state index in [9.17, 15) is 0 Å². The summed E-state index contributed by atoms with van der Waals surface area (Å²) in [4.78, 5) is 8.98. The minimum atomic E-state index is 0.828. The van der Waals surface area contributed by atoms with Crippen LogP contribution in [0.5, 0.6) is 0 Å². The first-order valence-electron chi connectivity index (χ1n) is 7.05. The molecule has 0 N–H and O–H groups in total. The van der Waals surface area contributed by atoms with E-state index in [1.165, 1.54) is 11.1 Å². The van der Waals surface area contributed by atoms with Crippen molar-refractivity contribution < 1.29 is 0 Å². The fourth-order valence-corrected chi connectivity index (χ4v) is 3.50. The fourth-order valence-electron chi connectivity index (χ4n) is 2.80.